The van der Waals surface area contributed by atoms with Gasteiger partial charge in [0.15, 0.2) is 0 Å². The average Bonchev–Trinajstić information content (AvgIpc) is 2.68. The molecule has 0 amide bonds. The Balaban J connectivity index is 2.04. The van der Waals surface area contributed by atoms with E-state index in [0.29, 0.717) is 6.04 Å². The fourth-order valence-electron chi connectivity index (χ4n) is 2.07. The molecule has 1 aromatic rings. The Labute approximate surface area is 95.4 Å². The first kappa shape index (κ1) is 11.0. The lowest BCUT2D eigenvalue weighted by Gasteiger charge is -2.19. The third kappa shape index (κ3) is 2.55. The van der Waals surface area contributed by atoms with Gasteiger partial charge in [-0.15, -0.1) is 0 Å². The fraction of sp³-hybridized carbons (Fsp3) is 0.385. The molecule has 0 heterocycles. The molecule has 0 aliphatic heterocycles. The second kappa shape index (κ2) is 4.58. The number of nitrogens with one attached hydrogen (secondary N) is 1. The van der Waals surface area contributed by atoms with Crippen molar-refractivity contribution in [3.05, 3.63) is 35.9 Å². The van der Waals surface area contributed by atoms with Gasteiger partial charge >= 0.3 is 0 Å². The highest BCUT2D eigenvalue weighted by Crippen LogP contribution is 2.25. The topological polar surface area (TPSA) is 52.5 Å². The van der Waals surface area contributed by atoms with E-state index in [1.165, 1.54) is 6.07 Å². The SMILES string of the molecule is CC(NC1CC=CC1)c1cc(O)cc(O)c1. The van der Waals surface area contributed by atoms with E-state index in [1.54, 1.807) is 12.1 Å². The number of rotatable bonds is 3. The van der Waals surface area contributed by atoms with Crippen LogP contribution in [0.5, 0.6) is 11.5 Å². The Morgan fingerprint density at radius 3 is 2.25 bits per heavy atom. The van der Waals surface area contributed by atoms with Crippen LogP contribution in [0.1, 0.15) is 31.4 Å². The molecule has 1 aliphatic carbocycles. The van der Waals surface area contributed by atoms with Crippen molar-refractivity contribution in [2.75, 3.05) is 0 Å². The van der Waals surface area contributed by atoms with E-state index in [-0.39, 0.29) is 17.5 Å². The standard InChI is InChI=1S/C13H17NO2/c1-9(14-11-4-2-3-5-11)10-6-12(15)8-13(16)7-10/h2-3,6-9,11,14-16H,4-5H2,1H3. The number of benzene rings is 1. The van der Waals surface area contributed by atoms with Crippen LogP contribution in [-0.2, 0) is 0 Å². The molecule has 0 aromatic heterocycles. The molecule has 0 fully saturated rings. The van der Waals surface area contributed by atoms with Crippen LogP contribution in [0.3, 0.4) is 0 Å². The maximum absolute atomic E-state index is 9.40. The summed E-state index contributed by atoms with van der Waals surface area (Å²) in [5, 5.41) is 22.3. The summed E-state index contributed by atoms with van der Waals surface area (Å²) < 4.78 is 0. The number of hydrogen-bond donors (Lipinski definition) is 3. The van der Waals surface area contributed by atoms with E-state index in [1.807, 2.05) is 6.92 Å². The fourth-order valence-corrected chi connectivity index (χ4v) is 2.07. The first-order chi connectivity index (χ1) is 7.65. The summed E-state index contributed by atoms with van der Waals surface area (Å²) in [5.41, 5.74) is 0.907. The summed E-state index contributed by atoms with van der Waals surface area (Å²) in [6, 6.07) is 5.30. The van der Waals surface area contributed by atoms with Crippen molar-refractivity contribution in [2.24, 2.45) is 0 Å². The largest absolute Gasteiger partial charge is 0.508 e. The van der Waals surface area contributed by atoms with Crippen molar-refractivity contribution < 1.29 is 10.2 Å². The van der Waals surface area contributed by atoms with Crippen molar-refractivity contribution in [2.45, 2.75) is 31.8 Å². The van der Waals surface area contributed by atoms with E-state index in [0.717, 1.165) is 18.4 Å². The highest BCUT2D eigenvalue weighted by atomic mass is 16.3. The van der Waals surface area contributed by atoms with Crippen molar-refractivity contribution in [3.8, 4) is 11.5 Å². The Morgan fingerprint density at radius 2 is 1.69 bits per heavy atom. The maximum atomic E-state index is 9.40. The van der Waals surface area contributed by atoms with Gasteiger partial charge in [0.25, 0.3) is 0 Å². The second-order valence-electron chi connectivity index (χ2n) is 4.31. The lowest BCUT2D eigenvalue weighted by Crippen LogP contribution is -2.29. The zero-order valence-electron chi connectivity index (χ0n) is 9.35. The Hall–Kier alpha value is -1.48. The zero-order chi connectivity index (χ0) is 11.5. The summed E-state index contributed by atoms with van der Waals surface area (Å²) in [6.07, 6.45) is 6.44. The second-order valence-corrected chi connectivity index (χ2v) is 4.31. The van der Waals surface area contributed by atoms with Crippen LogP contribution in [0.4, 0.5) is 0 Å². The van der Waals surface area contributed by atoms with Gasteiger partial charge in [-0.1, -0.05) is 12.2 Å². The Kier molecular flexibility index (Phi) is 3.15. The third-order valence-corrected chi connectivity index (χ3v) is 2.92. The van der Waals surface area contributed by atoms with Gasteiger partial charge in [0.1, 0.15) is 11.5 Å². The molecule has 0 spiro atoms. The van der Waals surface area contributed by atoms with E-state index < -0.39 is 0 Å². The van der Waals surface area contributed by atoms with Gasteiger partial charge in [-0.25, -0.2) is 0 Å². The predicted octanol–water partition coefficient (Wildman–Crippen LogP) is 2.47. The van der Waals surface area contributed by atoms with Crippen LogP contribution in [0.15, 0.2) is 30.4 Å². The lowest BCUT2D eigenvalue weighted by atomic mass is 10.1. The number of phenols is 2. The third-order valence-electron chi connectivity index (χ3n) is 2.92. The van der Waals surface area contributed by atoms with Crippen LogP contribution < -0.4 is 5.32 Å². The zero-order valence-corrected chi connectivity index (χ0v) is 9.35. The normalized spacial score (nSPS) is 17.8. The van der Waals surface area contributed by atoms with Gasteiger partial charge in [0.05, 0.1) is 0 Å². The van der Waals surface area contributed by atoms with Gasteiger partial charge in [-0.2, -0.15) is 0 Å². The number of phenolic OH excluding ortho intramolecular Hbond substituents is 2. The molecule has 16 heavy (non-hydrogen) atoms. The smallest absolute Gasteiger partial charge is 0.119 e. The molecule has 0 bridgehead atoms. The van der Waals surface area contributed by atoms with Crippen LogP contribution in [0.25, 0.3) is 0 Å². The molecule has 0 saturated carbocycles. The predicted molar refractivity (Wildman–Crippen MR) is 63.5 cm³/mol. The van der Waals surface area contributed by atoms with Crippen LogP contribution >= 0.6 is 0 Å². The highest BCUT2D eigenvalue weighted by molar-refractivity contribution is 5.38. The maximum Gasteiger partial charge on any atom is 0.119 e. The van der Waals surface area contributed by atoms with Gasteiger partial charge < -0.3 is 15.5 Å². The first-order valence-electron chi connectivity index (χ1n) is 5.59. The van der Waals surface area contributed by atoms with Gasteiger partial charge in [0, 0.05) is 18.2 Å². The molecule has 2 rings (SSSR count). The molecule has 3 heteroatoms. The molecule has 0 radical (unpaired) electrons. The summed E-state index contributed by atoms with van der Waals surface area (Å²) in [4.78, 5) is 0. The summed E-state index contributed by atoms with van der Waals surface area (Å²) in [5.74, 6) is 0.210. The lowest BCUT2D eigenvalue weighted by molar-refractivity contribution is 0.438. The molecule has 1 atom stereocenters. The van der Waals surface area contributed by atoms with Crippen molar-refractivity contribution in [1.82, 2.24) is 5.32 Å². The monoisotopic (exact) mass is 219 g/mol. The Bertz CT molecular complexity index is 373. The first-order valence-corrected chi connectivity index (χ1v) is 5.59. The molecule has 1 aliphatic rings. The minimum atomic E-state index is 0.105. The van der Waals surface area contributed by atoms with E-state index in [2.05, 4.69) is 17.5 Å². The molecular weight excluding hydrogens is 202 g/mol. The summed E-state index contributed by atoms with van der Waals surface area (Å²) >= 11 is 0. The van der Waals surface area contributed by atoms with Crippen LogP contribution in [0.2, 0.25) is 0 Å². The molecule has 3 nitrogen and oxygen atoms in total. The minimum Gasteiger partial charge on any atom is -0.508 e. The minimum absolute atomic E-state index is 0.105. The van der Waals surface area contributed by atoms with Crippen LogP contribution in [-0.4, -0.2) is 16.3 Å². The van der Waals surface area contributed by atoms with Gasteiger partial charge in [-0.05, 0) is 37.5 Å². The average molecular weight is 219 g/mol. The summed E-state index contributed by atoms with van der Waals surface area (Å²) in [7, 11) is 0. The highest BCUT2D eigenvalue weighted by Gasteiger charge is 2.15. The summed E-state index contributed by atoms with van der Waals surface area (Å²) in [6.45, 7) is 2.03. The number of aromatic hydroxyl groups is 2. The van der Waals surface area contributed by atoms with Gasteiger partial charge in [0.2, 0.25) is 0 Å². The molecule has 3 N–H and O–H groups in total. The molecule has 0 saturated heterocycles. The van der Waals surface area contributed by atoms with Crippen molar-refractivity contribution >= 4 is 0 Å². The number of hydrogen-bond acceptors (Lipinski definition) is 3. The van der Waals surface area contributed by atoms with E-state index in [9.17, 15) is 10.2 Å². The van der Waals surface area contributed by atoms with E-state index >= 15 is 0 Å². The molecule has 1 unspecified atom stereocenters. The van der Waals surface area contributed by atoms with Gasteiger partial charge in [-0.3, -0.25) is 0 Å². The van der Waals surface area contributed by atoms with Crippen LogP contribution in [0, 0.1) is 0 Å². The molecular formula is C13H17NO2. The van der Waals surface area contributed by atoms with Crippen molar-refractivity contribution in [3.63, 3.8) is 0 Å². The molecule has 1 aromatic carbocycles. The quantitative estimate of drug-likeness (QED) is 0.684. The molecule has 86 valence electrons. The Morgan fingerprint density at radius 1 is 1.12 bits per heavy atom. The van der Waals surface area contributed by atoms with E-state index in [4.69, 9.17) is 0 Å². The van der Waals surface area contributed by atoms with Crippen molar-refractivity contribution in [1.29, 1.82) is 0 Å².